The minimum atomic E-state index is -4.54. The summed E-state index contributed by atoms with van der Waals surface area (Å²) in [5.41, 5.74) is 10.2. The number of nitrogens with two attached hydrogens (primary N) is 2. The second kappa shape index (κ2) is 13.0. The molecule has 1 amide bonds. The first-order valence-corrected chi connectivity index (χ1v) is 12.8. The van der Waals surface area contributed by atoms with Gasteiger partial charge in [0, 0.05) is 30.4 Å². The summed E-state index contributed by atoms with van der Waals surface area (Å²) < 4.78 is 60.9. The topological polar surface area (TPSA) is 229 Å². The van der Waals surface area contributed by atoms with Crippen molar-refractivity contribution >= 4 is 21.6 Å². The Balaban J connectivity index is 2.30. The molecule has 0 unspecified atom stereocenters. The van der Waals surface area contributed by atoms with E-state index in [1.807, 2.05) is 0 Å². The molecule has 0 spiro atoms. The van der Waals surface area contributed by atoms with Crippen LogP contribution in [-0.4, -0.2) is 82.2 Å². The van der Waals surface area contributed by atoms with Crippen molar-refractivity contribution in [2.75, 3.05) is 19.0 Å². The van der Waals surface area contributed by atoms with Crippen LogP contribution in [0.4, 0.5) is 14.5 Å². The summed E-state index contributed by atoms with van der Waals surface area (Å²) in [6.45, 7) is 3.85. The van der Waals surface area contributed by atoms with E-state index in [0.29, 0.717) is 4.31 Å². The number of halogens is 2. The highest BCUT2D eigenvalue weighted by atomic mass is 32.2. The number of aliphatic hydroxyl groups is 5. The van der Waals surface area contributed by atoms with Crippen molar-refractivity contribution in [1.29, 1.82) is 0 Å². The van der Waals surface area contributed by atoms with E-state index in [9.17, 15) is 42.4 Å². The Hall–Kier alpha value is -3.80. The van der Waals surface area contributed by atoms with Crippen LogP contribution in [0.2, 0.25) is 0 Å². The molecule has 220 valence electrons. The number of hydrogen-bond donors (Lipinski definition) is 8. The van der Waals surface area contributed by atoms with Crippen LogP contribution in [0, 0.1) is 11.6 Å². The van der Waals surface area contributed by atoms with Crippen molar-refractivity contribution < 1.29 is 52.3 Å². The van der Waals surface area contributed by atoms with Gasteiger partial charge in [-0.1, -0.05) is 6.58 Å². The lowest BCUT2D eigenvalue weighted by atomic mass is 10.0. The van der Waals surface area contributed by atoms with Gasteiger partial charge in [0.2, 0.25) is 0 Å². The quantitative estimate of drug-likeness (QED) is 0.146. The van der Waals surface area contributed by atoms with Crippen molar-refractivity contribution in [2.24, 2.45) is 11.5 Å². The molecule has 0 fully saturated rings. The predicted octanol–water partition coefficient (Wildman–Crippen LogP) is -0.585. The first kappa shape index (κ1) is 32.4. The van der Waals surface area contributed by atoms with Gasteiger partial charge in [-0.15, -0.1) is 0 Å². The average molecular weight is 589 g/mol. The van der Waals surface area contributed by atoms with E-state index in [1.54, 1.807) is 0 Å². The van der Waals surface area contributed by atoms with Crippen LogP contribution in [0.15, 0.2) is 65.0 Å². The molecule has 0 aromatic heterocycles. The number of sulfonamides is 1. The predicted molar refractivity (Wildman–Crippen MR) is 138 cm³/mol. The van der Waals surface area contributed by atoms with Gasteiger partial charge >= 0.3 is 0 Å². The molecule has 0 saturated heterocycles. The van der Waals surface area contributed by atoms with E-state index in [2.05, 4.69) is 11.9 Å². The highest BCUT2D eigenvalue weighted by Crippen LogP contribution is 2.32. The van der Waals surface area contributed by atoms with Gasteiger partial charge in [-0.2, -0.15) is 0 Å². The SMILES string of the molecule is C=C(C)C(=O)Nc1cc(F)c(Oc2ccc(S(=O)(=O)N(C)C(=C(N)N)[C@H](O)[C@@H](O)[C@H](O)[C@H](O)CO)cc2)c(F)c1. The maximum Gasteiger partial charge on any atom is 0.264 e. The number of ether oxygens (including phenoxy) is 1. The minimum Gasteiger partial charge on any atom is -0.451 e. The van der Waals surface area contributed by atoms with Gasteiger partial charge < -0.3 is 47.1 Å². The summed E-state index contributed by atoms with van der Waals surface area (Å²) >= 11 is 0. The summed E-state index contributed by atoms with van der Waals surface area (Å²) in [5.74, 6) is -4.74. The molecule has 40 heavy (non-hydrogen) atoms. The second-order valence-corrected chi connectivity index (χ2v) is 10.5. The molecular weight excluding hydrogens is 558 g/mol. The summed E-state index contributed by atoms with van der Waals surface area (Å²) in [7, 11) is -3.61. The van der Waals surface area contributed by atoms with Crippen LogP contribution >= 0.6 is 0 Å². The smallest absolute Gasteiger partial charge is 0.264 e. The van der Waals surface area contributed by atoms with Crippen LogP contribution in [0.5, 0.6) is 11.5 Å². The standard InChI is InChI=1S/C24H30F2N4O9S/c1-11(2)24(36)29-12-8-15(25)22(16(26)9-12)39-13-4-6-14(7-5-13)40(37,38)30(3)18(23(27)28)20(34)21(35)19(33)17(32)10-31/h4-9,17,19-21,31-35H,1,10,27-28H2,2-3H3,(H,29,36)/t17-,19-,20+,21+/m1/s1. The third-order valence-corrected chi connectivity index (χ3v) is 7.30. The Bertz CT molecular complexity index is 1360. The van der Waals surface area contributed by atoms with E-state index in [-0.39, 0.29) is 17.0 Å². The fourth-order valence-corrected chi connectivity index (χ4v) is 4.54. The van der Waals surface area contributed by atoms with Gasteiger partial charge in [0.25, 0.3) is 15.9 Å². The van der Waals surface area contributed by atoms with Crippen LogP contribution in [0.3, 0.4) is 0 Å². The molecule has 16 heteroatoms. The number of carbonyl (C=O) groups excluding carboxylic acids is 1. The van der Waals surface area contributed by atoms with Crippen molar-refractivity contribution in [3.05, 3.63) is 71.7 Å². The largest absolute Gasteiger partial charge is 0.451 e. The lowest BCUT2D eigenvalue weighted by Crippen LogP contribution is -2.50. The molecule has 0 saturated carbocycles. The number of aliphatic hydroxyl groups excluding tert-OH is 5. The number of rotatable bonds is 12. The summed E-state index contributed by atoms with van der Waals surface area (Å²) in [4.78, 5) is 11.2. The van der Waals surface area contributed by atoms with E-state index in [4.69, 9.17) is 21.3 Å². The van der Waals surface area contributed by atoms with Gasteiger partial charge in [0.1, 0.15) is 36.0 Å². The zero-order chi connectivity index (χ0) is 30.5. The zero-order valence-corrected chi connectivity index (χ0v) is 22.1. The first-order valence-electron chi connectivity index (χ1n) is 11.3. The number of carbonyl (C=O) groups is 1. The summed E-state index contributed by atoms with van der Waals surface area (Å²) in [6.07, 6.45) is -8.41. The Labute approximate surface area is 228 Å². The lowest BCUT2D eigenvalue weighted by molar-refractivity contribution is -0.112. The van der Waals surface area contributed by atoms with Crippen molar-refractivity contribution in [3.8, 4) is 11.5 Å². The molecule has 0 bridgehead atoms. The van der Waals surface area contributed by atoms with Gasteiger partial charge in [-0.3, -0.25) is 9.10 Å². The maximum absolute atomic E-state index is 14.5. The van der Waals surface area contributed by atoms with Gasteiger partial charge in [0.05, 0.1) is 17.2 Å². The number of nitrogens with one attached hydrogen (secondary N) is 1. The molecule has 2 aromatic rings. The molecular formula is C24H30F2N4O9S. The minimum absolute atomic E-state index is 0.113. The zero-order valence-electron chi connectivity index (χ0n) is 21.3. The third-order valence-electron chi connectivity index (χ3n) is 5.52. The molecule has 0 heterocycles. The van der Waals surface area contributed by atoms with E-state index < -0.39 is 80.8 Å². The molecule has 0 radical (unpaired) electrons. The van der Waals surface area contributed by atoms with Gasteiger partial charge in [-0.05, 0) is 31.2 Å². The average Bonchev–Trinajstić information content (AvgIpc) is 2.89. The molecule has 0 aliphatic rings. The van der Waals surface area contributed by atoms with Crippen molar-refractivity contribution in [3.63, 3.8) is 0 Å². The fourth-order valence-electron chi connectivity index (χ4n) is 3.28. The second-order valence-electron chi connectivity index (χ2n) is 8.57. The fraction of sp³-hybridized carbons (Fsp3) is 0.292. The van der Waals surface area contributed by atoms with E-state index in [1.165, 1.54) is 6.92 Å². The first-order chi connectivity index (χ1) is 18.5. The molecule has 0 aliphatic heterocycles. The van der Waals surface area contributed by atoms with Crippen LogP contribution in [0.1, 0.15) is 6.92 Å². The van der Waals surface area contributed by atoms with Crippen LogP contribution in [-0.2, 0) is 14.8 Å². The Kier molecular flexibility index (Phi) is 10.6. The summed E-state index contributed by atoms with van der Waals surface area (Å²) in [6, 6.07) is 5.75. The van der Waals surface area contributed by atoms with Gasteiger partial charge in [0.15, 0.2) is 17.4 Å². The number of anilines is 1. The van der Waals surface area contributed by atoms with Crippen molar-refractivity contribution in [1.82, 2.24) is 4.31 Å². The monoisotopic (exact) mass is 588 g/mol. The summed E-state index contributed by atoms with van der Waals surface area (Å²) in [5, 5.41) is 51.2. The number of hydrogen-bond acceptors (Lipinski definition) is 11. The molecule has 4 atom stereocenters. The number of benzene rings is 2. The number of likely N-dealkylation sites (N-methyl/N-ethyl adjacent to an activating group) is 1. The molecule has 2 aromatic carbocycles. The number of nitrogens with zero attached hydrogens (tertiary/aromatic N) is 1. The van der Waals surface area contributed by atoms with Crippen LogP contribution < -0.4 is 21.5 Å². The Morgan fingerprint density at radius 1 is 1.07 bits per heavy atom. The molecule has 0 aliphatic carbocycles. The highest BCUT2D eigenvalue weighted by molar-refractivity contribution is 7.89. The third kappa shape index (κ3) is 7.23. The van der Waals surface area contributed by atoms with Crippen molar-refractivity contribution in [2.45, 2.75) is 36.2 Å². The Morgan fingerprint density at radius 2 is 1.60 bits per heavy atom. The van der Waals surface area contributed by atoms with Crippen LogP contribution in [0.25, 0.3) is 0 Å². The van der Waals surface area contributed by atoms with E-state index in [0.717, 1.165) is 43.4 Å². The number of amides is 1. The highest BCUT2D eigenvalue weighted by Gasteiger charge is 2.37. The maximum atomic E-state index is 14.5. The van der Waals surface area contributed by atoms with Gasteiger partial charge in [-0.25, -0.2) is 17.2 Å². The lowest BCUT2D eigenvalue weighted by Gasteiger charge is -2.31. The molecule has 2 rings (SSSR count). The Morgan fingerprint density at radius 3 is 2.05 bits per heavy atom. The normalized spacial score (nSPS) is 14.4. The molecule has 13 nitrogen and oxygen atoms in total. The van der Waals surface area contributed by atoms with E-state index >= 15 is 0 Å². The molecule has 10 N–H and O–H groups in total.